The minimum atomic E-state index is -1.31. The van der Waals surface area contributed by atoms with Crippen molar-refractivity contribution in [2.75, 3.05) is 20.1 Å². The monoisotopic (exact) mass is 422 g/mol. The lowest BCUT2D eigenvalue weighted by atomic mass is 9.83. The topological polar surface area (TPSA) is 116 Å². The van der Waals surface area contributed by atoms with E-state index < -0.39 is 22.8 Å². The van der Waals surface area contributed by atoms with Gasteiger partial charge in [0.25, 0.3) is 0 Å². The second kappa shape index (κ2) is 8.99. The molecular weight excluding hydrogens is 396 g/mol. The number of amides is 4. The van der Waals surface area contributed by atoms with Crippen molar-refractivity contribution >= 4 is 23.6 Å². The molecule has 3 rings (SSSR count). The number of benzene rings is 2. The third kappa shape index (κ3) is 4.28. The Balaban J connectivity index is 2.02. The van der Waals surface area contributed by atoms with Gasteiger partial charge in [-0.3, -0.25) is 19.2 Å². The average molecular weight is 422 g/mol. The molecule has 1 fully saturated rings. The Bertz CT molecular complexity index is 938. The molecule has 4 N–H and O–H groups in total. The molecule has 0 aliphatic heterocycles. The maximum atomic E-state index is 13.4. The largest absolute Gasteiger partial charge is 0.358 e. The maximum Gasteiger partial charge on any atom is 0.247 e. The van der Waals surface area contributed by atoms with E-state index in [4.69, 9.17) is 0 Å². The lowest BCUT2D eigenvalue weighted by molar-refractivity contribution is -0.132. The summed E-state index contributed by atoms with van der Waals surface area (Å²) in [4.78, 5) is 49.0. The van der Waals surface area contributed by atoms with Crippen LogP contribution in [0, 0.1) is 0 Å². The zero-order valence-electron chi connectivity index (χ0n) is 17.5. The second-order valence-electron chi connectivity index (χ2n) is 7.53. The van der Waals surface area contributed by atoms with Gasteiger partial charge in [-0.15, -0.1) is 0 Å². The minimum absolute atomic E-state index is 0.210. The van der Waals surface area contributed by atoms with Crippen LogP contribution in [0.5, 0.6) is 0 Å². The van der Waals surface area contributed by atoms with Crippen LogP contribution in [0.2, 0.25) is 0 Å². The SMILES string of the molecule is CNC(=O)CNC(=O)[C@@]1(NC(=O)CNC(C)=O)CC1(c1ccccc1)c1ccccc1. The first kappa shape index (κ1) is 22.0. The Morgan fingerprint density at radius 2 is 1.32 bits per heavy atom. The van der Waals surface area contributed by atoms with Crippen molar-refractivity contribution in [3.8, 4) is 0 Å². The number of hydrogen-bond donors (Lipinski definition) is 4. The Morgan fingerprint density at radius 3 is 1.81 bits per heavy atom. The van der Waals surface area contributed by atoms with E-state index in [1.807, 2.05) is 60.7 Å². The summed E-state index contributed by atoms with van der Waals surface area (Å²) in [6.07, 6.45) is 0.319. The van der Waals surface area contributed by atoms with Gasteiger partial charge in [-0.1, -0.05) is 60.7 Å². The van der Waals surface area contributed by atoms with Crippen molar-refractivity contribution in [3.63, 3.8) is 0 Å². The lowest BCUT2D eigenvalue weighted by Crippen LogP contribution is -2.56. The Morgan fingerprint density at radius 1 is 0.806 bits per heavy atom. The summed E-state index contributed by atoms with van der Waals surface area (Å²) in [6, 6.07) is 19.0. The number of carbonyl (C=O) groups excluding carboxylic acids is 4. The number of hydrogen-bond acceptors (Lipinski definition) is 4. The molecule has 0 heterocycles. The van der Waals surface area contributed by atoms with Crippen molar-refractivity contribution in [1.82, 2.24) is 21.3 Å². The van der Waals surface area contributed by atoms with Gasteiger partial charge < -0.3 is 21.3 Å². The smallest absolute Gasteiger partial charge is 0.247 e. The molecule has 162 valence electrons. The van der Waals surface area contributed by atoms with E-state index in [2.05, 4.69) is 21.3 Å². The third-order valence-electron chi connectivity index (χ3n) is 5.59. The summed E-state index contributed by atoms with van der Waals surface area (Å²) >= 11 is 0. The summed E-state index contributed by atoms with van der Waals surface area (Å²) in [7, 11) is 1.48. The zero-order valence-corrected chi connectivity index (χ0v) is 17.5. The van der Waals surface area contributed by atoms with Crippen LogP contribution in [0.3, 0.4) is 0 Å². The molecule has 1 saturated carbocycles. The van der Waals surface area contributed by atoms with E-state index in [-0.39, 0.29) is 24.9 Å². The zero-order chi connectivity index (χ0) is 22.5. The summed E-state index contributed by atoms with van der Waals surface area (Å²) in [6.45, 7) is 0.853. The molecule has 2 aromatic carbocycles. The van der Waals surface area contributed by atoms with E-state index in [0.717, 1.165) is 11.1 Å². The van der Waals surface area contributed by atoms with Crippen LogP contribution in [0.1, 0.15) is 24.5 Å². The van der Waals surface area contributed by atoms with Crippen LogP contribution < -0.4 is 21.3 Å². The van der Waals surface area contributed by atoms with E-state index in [9.17, 15) is 19.2 Å². The molecule has 0 radical (unpaired) electrons. The molecule has 0 saturated heterocycles. The number of carbonyl (C=O) groups is 4. The second-order valence-corrected chi connectivity index (χ2v) is 7.53. The van der Waals surface area contributed by atoms with E-state index in [0.29, 0.717) is 6.42 Å². The van der Waals surface area contributed by atoms with Crippen LogP contribution in [0.15, 0.2) is 60.7 Å². The quantitative estimate of drug-likeness (QED) is 0.487. The summed E-state index contributed by atoms with van der Waals surface area (Å²) in [5, 5.41) is 10.4. The van der Waals surface area contributed by atoms with Gasteiger partial charge in [0.15, 0.2) is 0 Å². The van der Waals surface area contributed by atoms with Crippen molar-refractivity contribution in [1.29, 1.82) is 0 Å². The highest BCUT2D eigenvalue weighted by molar-refractivity contribution is 6.01. The van der Waals surface area contributed by atoms with E-state index in [1.54, 1.807) is 0 Å². The molecule has 0 spiro atoms. The molecule has 0 unspecified atom stereocenters. The molecule has 31 heavy (non-hydrogen) atoms. The third-order valence-corrected chi connectivity index (χ3v) is 5.59. The van der Waals surface area contributed by atoms with E-state index in [1.165, 1.54) is 14.0 Å². The van der Waals surface area contributed by atoms with Crippen LogP contribution >= 0.6 is 0 Å². The van der Waals surface area contributed by atoms with E-state index >= 15 is 0 Å². The summed E-state index contributed by atoms with van der Waals surface area (Å²) in [5.74, 6) is -1.64. The number of nitrogens with one attached hydrogen (secondary N) is 4. The maximum absolute atomic E-state index is 13.4. The fourth-order valence-corrected chi connectivity index (χ4v) is 4.03. The standard InChI is InChI=1S/C23H26N4O4/c1-16(28)25-14-20(30)27-23(21(31)26-13-19(29)24-2)15-22(23,17-9-5-3-6-10-17)18-11-7-4-8-12-18/h3-12H,13-15H2,1-2H3,(H,24,29)(H,25,28)(H,26,31)(H,27,30)/t23-/m0/s1. The molecule has 1 aliphatic rings. The normalized spacial score (nSPS) is 18.4. The minimum Gasteiger partial charge on any atom is -0.358 e. The van der Waals surface area contributed by atoms with Gasteiger partial charge in [0.05, 0.1) is 18.5 Å². The Labute approximate surface area is 180 Å². The van der Waals surface area contributed by atoms with Gasteiger partial charge in [-0.25, -0.2) is 0 Å². The molecule has 0 aromatic heterocycles. The molecule has 1 aliphatic carbocycles. The first-order chi connectivity index (χ1) is 14.9. The highest BCUT2D eigenvalue weighted by atomic mass is 16.2. The molecule has 4 amide bonds. The molecule has 8 heteroatoms. The van der Waals surface area contributed by atoms with Crippen molar-refractivity contribution in [3.05, 3.63) is 71.8 Å². The van der Waals surface area contributed by atoms with Crippen LogP contribution in [0.4, 0.5) is 0 Å². The highest BCUT2D eigenvalue weighted by Crippen LogP contribution is 2.62. The molecule has 8 nitrogen and oxygen atoms in total. The Kier molecular flexibility index (Phi) is 6.39. The fourth-order valence-electron chi connectivity index (χ4n) is 4.03. The van der Waals surface area contributed by atoms with Crippen molar-refractivity contribution in [2.45, 2.75) is 24.3 Å². The van der Waals surface area contributed by atoms with Crippen molar-refractivity contribution in [2.24, 2.45) is 0 Å². The van der Waals surface area contributed by atoms with Gasteiger partial charge >= 0.3 is 0 Å². The first-order valence-electron chi connectivity index (χ1n) is 10.0. The van der Waals surface area contributed by atoms with Gasteiger partial charge in [-0.2, -0.15) is 0 Å². The fraction of sp³-hybridized carbons (Fsp3) is 0.304. The predicted molar refractivity (Wildman–Crippen MR) is 115 cm³/mol. The highest BCUT2D eigenvalue weighted by Gasteiger charge is 2.74. The van der Waals surface area contributed by atoms with Gasteiger partial charge in [0, 0.05) is 14.0 Å². The molecule has 1 atom stereocenters. The van der Waals surface area contributed by atoms with Crippen LogP contribution in [0.25, 0.3) is 0 Å². The van der Waals surface area contributed by atoms with Gasteiger partial charge in [-0.05, 0) is 17.5 Å². The number of likely N-dealkylation sites (N-methyl/N-ethyl adjacent to an activating group) is 1. The molecular formula is C23H26N4O4. The first-order valence-corrected chi connectivity index (χ1v) is 10.0. The predicted octanol–water partition coefficient (Wildman–Crippen LogP) is 0.230. The van der Waals surface area contributed by atoms with Gasteiger partial charge in [0.2, 0.25) is 23.6 Å². The molecule has 0 bridgehead atoms. The lowest BCUT2D eigenvalue weighted by Gasteiger charge is -2.27. The summed E-state index contributed by atoms with van der Waals surface area (Å²) in [5.41, 5.74) is -0.375. The molecule has 2 aromatic rings. The number of rotatable bonds is 8. The summed E-state index contributed by atoms with van der Waals surface area (Å²) < 4.78 is 0. The van der Waals surface area contributed by atoms with Crippen LogP contribution in [-0.2, 0) is 24.6 Å². The average Bonchev–Trinajstić information content (AvgIpc) is 3.47. The van der Waals surface area contributed by atoms with Gasteiger partial charge in [0.1, 0.15) is 5.54 Å². The van der Waals surface area contributed by atoms with Crippen LogP contribution in [-0.4, -0.2) is 49.3 Å². The van der Waals surface area contributed by atoms with Crippen molar-refractivity contribution < 1.29 is 19.2 Å². The Hall–Kier alpha value is -3.68.